The van der Waals surface area contributed by atoms with Gasteiger partial charge in [-0.2, -0.15) is 13.2 Å². The molecule has 35 heavy (non-hydrogen) atoms. The number of nitrogens with zero attached hydrogens (tertiary/aromatic N) is 1. The fraction of sp³-hybridized carbons (Fsp3) is 0.304. The normalized spacial score (nSPS) is 12.1. The van der Waals surface area contributed by atoms with Crippen LogP contribution >= 0.6 is 11.9 Å². The number of halogens is 3. The van der Waals surface area contributed by atoms with E-state index in [-0.39, 0.29) is 13.1 Å². The quantitative estimate of drug-likeness (QED) is 0.217. The van der Waals surface area contributed by atoms with E-state index >= 15 is 0 Å². The van der Waals surface area contributed by atoms with E-state index in [0.29, 0.717) is 21.8 Å². The third-order valence-corrected chi connectivity index (χ3v) is 5.97. The molecule has 0 fully saturated rings. The van der Waals surface area contributed by atoms with Gasteiger partial charge in [0.15, 0.2) is 0 Å². The van der Waals surface area contributed by atoms with Gasteiger partial charge in [0.1, 0.15) is 5.54 Å². The first-order valence-corrected chi connectivity index (χ1v) is 11.3. The largest absolute Gasteiger partial charge is 0.416 e. The highest BCUT2D eigenvalue weighted by atomic mass is 32.2. The van der Waals surface area contributed by atoms with Crippen molar-refractivity contribution in [1.29, 1.82) is 0 Å². The van der Waals surface area contributed by atoms with Crippen molar-refractivity contribution in [1.82, 2.24) is 15.6 Å². The van der Waals surface area contributed by atoms with Gasteiger partial charge in [0.2, 0.25) is 5.91 Å². The minimum atomic E-state index is -4.39. The van der Waals surface area contributed by atoms with E-state index in [2.05, 4.69) is 20.3 Å². The van der Waals surface area contributed by atoms with E-state index in [1.807, 2.05) is 18.2 Å². The predicted octanol–water partition coefficient (Wildman–Crippen LogP) is 2.29. The van der Waals surface area contributed by atoms with Gasteiger partial charge in [-0.05, 0) is 48.3 Å². The second-order valence-corrected chi connectivity index (χ2v) is 8.69. The molecule has 0 atom stereocenters. The lowest BCUT2D eigenvalue weighted by Gasteiger charge is -2.28. The number of aliphatic hydroxyl groups excluding tert-OH is 3. The standard InChI is InChI=1S/C23H25F3N4O4S/c24-23(25,26)16-5-8-18(9-6-16)35-30-19-3-1-2-15-4-7-17(28-21(15)19)10-27-11-20(34)29-22(12-31,13-32)14-33/h1-9,27,30-33H,10-14H2,(H,29,34). The summed E-state index contributed by atoms with van der Waals surface area (Å²) >= 11 is 1.16. The molecule has 0 unspecified atom stereocenters. The zero-order chi connectivity index (χ0) is 25.5. The fourth-order valence-corrected chi connectivity index (χ4v) is 3.77. The number of pyridine rings is 1. The molecule has 0 radical (unpaired) electrons. The lowest BCUT2D eigenvalue weighted by atomic mass is 10.0. The predicted molar refractivity (Wildman–Crippen MR) is 127 cm³/mol. The Balaban J connectivity index is 1.63. The third-order valence-electron chi connectivity index (χ3n) is 5.14. The SMILES string of the molecule is O=C(CNCc1ccc2cccc(NSc3ccc(C(F)(F)F)cc3)c2n1)NC(CO)(CO)CO. The van der Waals surface area contributed by atoms with Crippen molar-refractivity contribution in [2.45, 2.75) is 23.2 Å². The number of aromatic nitrogens is 1. The van der Waals surface area contributed by atoms with Crippen molar-refractivity contribution in [3.05, 3.63) is 65.9 Å². The van der Waals surface area contributed by atoms with E-state index in [9.17, 15) is 33.3 Å². The molecule has 3 rings (SSSR count). The summed E-state index contributed by atoms with van der Waals surface area (Å²) in [5.41, 5.74) is -0.252. The minimum Gasteiger partial charge on any atom is -0.394 e. The van der Waals surface area contributed by atoms with E-state index in [4.69, 9.17) is 0 Å². The highest BCUT2D eigenvalue weighted by Crippen LogP contribution is 2.32. The molecule has 188 valence electrons. The maximum atomic E-state index is 12.7. The maximum absolute atomic E-state index is 12.7. The number of nitrogens with one attached hydrogen (secondary N) is 3. The number of hydrogen-bond donors (Lipinski definition) is 6. The summed E-state index contributed by atoms with van der Waals surface area (Å²) in [7, 11) is 0. The van der Waals surface area contributed by atoms with E-state index in [1.165, 1.54) is 12.1 Å². The molecular weight excluding hydrogens is 485 g/mol. The van der Waals surface area contributed by atoms with Crippen LogP contribution in [0.2, 0.25) is 0 Å². The van der Waals surface area contributed by atoms with Gasteiger partial charge in [0.25, 0.3) is 0 Å². The van der Waals surface area contributed by atoms with Crippen molar-refractivity contribution in [3.63, 3.8) is 0 Å². The van der Waals surface area contributed by atoms with E-state index in [1.54, 1.807) is 12.1 Å². The van der Waals surface area contributed by atoms with Crippen LogP contribution in [-0.4, -0.2) is 58.1 Å². The highest BCUT2D eigenvalue weighted by molar-refractivity contribution is 8.00. The van der Waals surface area contributed by atoms with Crippen LogP contribution in [0, 0.1) is 0 Å². The molecule has 0 saturated heterocycles. The Morgan fingerprint density at radius 2 is 1.63 bits per heavy atom. The van der Waals surface area contributed by atoms with Crippen LogP contribution in [0.1, 0.15) is 11.3 Å². The number of hydrogen-bond acceptors (Lipinski definition) is 8. The summed E-state index contributed by atoms with van der Waals surface area (Å²) < 4.78 is 41.4. The van der Waals surface area contributed by atoms with Gasteiger partial charge in [-0.3, -0.25) is 4.79 Å². The van der Waals surface area contributed by atoms with Gasteiger partial charge in [-0.15, -0.1) is 0 Å². The first kappa shape index (κ1) is 26.7. The Labute approximate surface area is 203 Å². The topological polar surface area (TPSA) is 127 Å². The number of anilines is 1. The van der Waals surface area contributed by atoms with Crippen molar-refractivity contribution >= 4 is 34.4 Å². The molecule has 1 amide bonds. The number of alkyl halides is 3. The second kappa shape index (κ2) is 11.7. The Hall–Kier alpha value is -2.90. The van der Waals surface area contributed by atoms with Gasteiger partial charge in [0.05, 0.1) is 48.8 Å². The molecule has 1 aromatic heterocycles. The van der Waals surface area contributed by atoms with Crippen LogP contribution in [0.3, 0.4) is 0 Å². The highest BCUT2D eigenvalue weighted by Gasteiger charge is 2.30. The van der Waals surface area contributed by atoms with E-state index < -0.39 is 43.0 Å². The van der Waals surface area contributed by atoms with Crippen LogP contribution in [0.5, 0.6) is 0 Å². The Morgan fingerprint density at radius 1 is 0.943 bits per heavy atom. The fourth-order valence-electron chi connectivity index (χ4n) is 3.11. The molecule has 3 aromatic rings. The second-order valence-electron chi connectivity index (χ2n) is 7.81. The number of aliphatic hydroxyl groups is 3. The Kier molecular flexibility index (Phi) is 8.92. The molecular formula is C23H25F3N4O4S. The van der Waals surface area contributed by atoms with Crippen LogP contribution < -0.4 is 15.4 Å². The number of carbonyl (C=O) groups excluding carboxylic acids is 1. The maximum Gasteiger partial charge on any atom is 0.416 e. The summed E-state index contributed by atoms with van der Waals surface area (Å²) in [6, 6.07) is 14.0. The lowest BCUT2D eigenvalue weighted by Crippen LogP contribution is -2.58. The van der Waals surface area contributed by atoms with Crippen molar-refractivity contribution in [2.24, 2.45) is 0 Å². The smallest absolute Gasteiger partial charge is 0.394 e. The summed E-state index contributed by atoms with van der Waals surface area (Å²) in [5.74, 6) is -0.516. The first-order chi connectivity index (χ1) is 16.7. The zero-order valence-corrected chi connectivity index (χ0v) is 19.3. The molecule has 0 spiro atoms. The van der Waals surface area contributed by atoms with Crippen LogP contribution in [0.15, 0.2) is 59.5 Å². The van der Waals surface area contributed by atoms with Gasteiger partial charge >= 0.3 is 6.18 Å². The zero-order valence-electron chi connectivity index (χ0n) is 18.5. The third kappa shape index (κ3) is 7.05. The molecule has 6 N–H and O–H groups in total. The molecule has 2 aromatic carbocycles. The summed E-state index contributed by atoms with van der Waals surface area (Å²) in [6.45, 7) is -1.73. The average Bonchev–Trinajstić information content (AvgIpc) is 2.86. The number of amides is 1. The summed E-state index contributed by atoms with van der Waals surface area (Å²) in [5, 5.41) is 34.1. The molecule has 12 heteroatoms. The van der Waals surface area contributed by atoms with Gasteiger partial charge in [-0.25, -0.2) is 4.98 Å². The van der Waals surface area contributed by atoms with Crippen LogP contribution in [-0.2, 0) is 17.5 Å². The number of fused-ring (bicyclic) bond motifs is 1. The lowest BCUT2D eigenvalue weighted by molar-refractivity contribution is -0.137. The van der Waals surface area contributed by atoms with Gasteiger partial charge in [0, 0.05) is 16.8 Å². The van der Waals surface area contributed by atoms with E-state index in [0.717, 1.165) is 29.5 Å². The van der Waals surface area contributed by atoms with Crippen molar-refractivity contribution in [2.75, 3.05) is 31.1 Å². The number of rotatable bonds is 11. The Morgan fingerprint density at radius 3 is 2.26 bits per heavy atom. The van der Waals surface area contributed by atoms with Crippen molar-refractivity contribution < 1.29 is 33.3 Å². The molecule has 0 aliphatic carbocycles. The molecule has 8 nitrogen and oxygen atoms in total. The summed E-state index contributed by atoms with van der Waals surface area (Å²) in [6.07, 6.45) is -4.39. The van der Waals surface area contributed by atoms with Crippen molar-refractivity contribution in [3.8, 4) is 0 Å². The number of para-hydroxylation sites is 1. The van der Waals surface area contributed by atoms with Gasteiger partial charge in [-0.1, -0.05) is 18.2 Å². The monoisotopic (exact) mass is 510 g/mol. The first-order valence-electron chi connectivity index (χ1n) is 10.5. The molecule has 0 aliphatic rings. The van der Waals surface area contributed by atoms with Crippen LogP contribution in [0.25, 0.3) is 10.9 Å². The molecule has 0 aliphatic heterocycles. The van der Waals surface area contributed by atoms with Gasteiger partial charge < -0.3 is 30.7 Å². The molecule has 0 bridgehead atoms. The number of carbonyl (C=O) groups is 1. The van der Waals surface area contributed by atoms with Crippen LogP contribution in [0.4, 0.5) is 18.9 Å². The number of benzene rings is 2. The molecule has 0 saturated carbocycles. The Bertz CT molecular complexity index is 1130. The summed E-state index contributed by atoms with van der Waals surface area (Å²) in [4.78, 5) is 17.3. The average molecular weight is 511 g/mol. The molecule has 1 heterocycles. The minimum absolute atomic E-state index is 0.134.